The number of aliphatic hydroxyl groups excluding tert-OH is 1. The minimum absolute atomic E-state index is 0.0956. The standard InChI is InChI=1S/C10H19NO/c1-7(12)8-5-9-3-4-10(6-8)11(9)2/h7-10,12H,3-6H2,1-2H3. The summed E-state index contributed by atoms with van der Waals surface area (Å²) in [5, 5.41) is 9.51. The van der Waals surface area contributed by atoms with Crippen LogP contribution in [-0.4, -0.2) is 35.2 Å². The Balaban J connectivity index is 2.02. The molecule has 70 valence electrons. The van der Waals surface area contributed by atoms with Crippen molar-refractivity contribution in [1.29, 1.82) is 0 Å². The van der Waals surface area contributed by atoms with Gasteiger partial charge in [0.15, 0.2) is 0 Å². The lowest BCUT2D eigenvalue weighted by Gasteiger charge is -2.37. The second kappa shape index (κ2) is 3.00. The molecule has 2 bridgehead atoms. The van der Waals surface area contributed by atoms with Crippen LogP contribution in [-0.2, 0) is 0 Å². The van der Waals surface area contributed by atoms with Gasteiger partial charge in [0.25, 0.3) is 0 Å². The number of aliphatic hydroxyl groups is 1. The molecule has 0 spiro atoms. The summed E-state index contributed by atoms with van der Waals surface area (Å²) in [5.74, 6) is 0.568. The number of hydrogen-bond acceptors (Lipinski definition) is 2. The molecule has 2 heterocycles. The zero-order valence-electron chi connectivity index (χ0n) is 8.03. The van der Waals surface area contributed by atoms with Gasteiger partial charge >= 0.3 is 0 Å². The molecule has 0 saturated carbocycles. The van der Waals surface area contributed by atoms with Crippen molar-refractivity contribution < 1.29 is 5.11 Å². The van der Waals surface area contributed by atoms with Crippen LogP contribution in [0.1, 0.15) is 32.6 Å². The molecule has 2 aliphatic heterocycles. The van der Waals surface area contributed by atoms with Gasteiger partial charge in [-0.1, -0.05) is 0 Å². The van der Waals surface area contributed by atoms with Crippen molar-refractivity contribution in [2.24, 2.45) is 5.92 Å². The van der Waals surface area contributed by atoms with Crippen molar-refractivity contribution in [1.82, 2.24) is 4.90 Å². The van der Waals surface area contributed by atoms with Crippen LogP contribution in [0.3, 0.4) is 0 Å². The van der Waals surface area contributed by atoms with E-state index in [2.05, 4.69) is 11.9 Å². The van der Waals surface area contributed by atoms with Crippen LogP contribution in [0.2, 0.25) is 0 Å². The van der Waals surface area contributed by atoms with E-state index in [0.29, 0.717) is 5.92 Å². The first kappa shape index (κ1) is 8.52. The van der Waals surface area contributed by atoms with Gasteiger partial charge in [0.1, 0.15) is 0 Å². The Kier molecular flexibility index (Phi) is 2.13. The summed E-state index contributed by atoms with van der Waals surface area (Å²) >= 11 is 0. The number of fused-ring (bicyclic) bond motifs is 2. The molecule has 0 aromatic carbocycles. The highest BCUT2D eigenvalue weighted by molar-refractivity contribution is 4.94. The van der Waals surface area contributed by atoms with E-state index in [0.717, 1.165) is 12.1 Å². The molecule has 2 rings (SSSR count). The van der Waals surface area contributed by atoms with Gasteiger partial charge in [0, 0.05) is 12.1 Å². The normalized spacial score (nSPS) is 44.8. The number of hydrogen-bond donors (Lipinski definition) is 1. The highest BCUT2D eigenvalue weighted by Gasteiger charge is 2.39. The van der Waals surface area contributed by atoms with Gasteiger partial charge < -0.3 is 10.0 Å². The SMILES string of the molecule is CC(O)C1CC2CCC(C1)N2C. The highest BCUT2D eigenvalue weighted by Crippen LogP contribution is 2.38. The third kappa shape index (κ3) is 1.27. The van der Waals surface area contributed by atoms with Gasteiger partial charge in [-0.05, 0) is 45.6 Å². The molecule has 2 heteroatoms. The maximum Gasteiger partial charge on any atom is 0.0541 e. The van der Waals surface area contributed by atoms with E-state index in [9.17, 15) is 5.11 Å². The van der Waals surface area contributed by atoms with Crippen LogP contribution in [0.15, 0.2) is 0 Å². The number of nitrogens with zero attached hydrogens (tertiary/aromatic N) is 1. The van der Waals surface area contributed by atoms with Crippen LogP contribution in [0.25, 0.3) is 0 Å². The predicted molar refractivity (Wildman–Crippen MR) is 49.0 cm³/mol. The molecule has 0 aromatic heterocycles. The van der Waals surface area contributed by atoms with Crippen molar-refractivity contribution in [3.63, 3.8) is 0 Å². The average Bonchev–Trinajstić information content (AvgIpc) is 2.30. The summed E-state index contributed by atoms with van der Waals surface area (Å²) in [6.07, 6.45) is 5.03. The summed E-state index contributed by atoms with van der Waals surface area (Å²) in [7, 11) is 2.24. The molecule has 0 radical (unpaired) electrons. The maximum atomic E-state index is 9.51. The predicted octanol–water partition coefficient (Wildman–Crippen LogP) is 1.24. The first-order valence-electron chi connectivity index (χ1n) is 5.08. The largest absolute Gasteiger partial charge is 0.393 e. The molecular formula is C10H19NO. The Morgan fingerprint density at radius 2 is 1.75 bits per heavy atom. The first-order valence-corrected chi connectivity index (χ1v) is 5.08. The van der Waals surface area contributed by atoms with Crippen molar-refractivity contribution in [2.45, 2.75) is 50.8 Å². The molecule has 2 aliphatic rings. The highest BCUT2D eigenvalue weighted by atomic mass is 16.3. The van der Waals surface area contributed by atoms with Gasteiger partial charge in [0.2, 0.25) is 0 Å². The van der Waals surface area contributed by atoms with Gasteiger partial charge in [-0.25, -0.2) is 0 Å². The third-order valence-electron chi connectivity index (χ3n) is 3.82. The first-order chi connectivity index (χ1) is 5.68. The molecule has 12 heavy (non-hydrogen) atoms. The summed E-state index contributed by atoms with van der Waals surface area (Å²) < 4.78 is 0. The number of rotatable bonds is 1. The van der Waals surface area contributed by atoms with Crippen LogP contribution < -0.4 is 0 Å². The van der Waals surface area contributed by atoms with Crippen LogP contribution >= 0.6 is 0 Å². The van der Waals surface area contributed by atoms with Gasteiger partial charge in [-0.3, -0.25) is 0 Å². The molecule has 1 N–H and O–H groups in total. The van der Waals surface area contributed by atoms with E-state index >= 15 is 0 Å². The van der Waals surface area contributed by atoms with Crippen molar-refractivity contribution in [3.05, 3.63) is 0 Å². The Bertz CT molecular complexity index is 155. The maximum absolute atomic E-state index is 9.51. The van der Waals surface area contributed by atoms with Gasteiger partial charge in [0.05, 0.1) is 6.10 Å². The molecule has 0 amide bonds. The van der Waals surface area contributed by atoms with Crippen molar-refractivity contribution in [3.8, 4) is 0 Å². The zero-order valence-corrected chi connectivity index (χ0v) is 8.03. The molecule has 3 atom stereocenters. The fraction of sp³-hybridized carbons (Fsp3) is 1.00. The van der Waals surface area contributed by atoms with Crippen LogP contribution in [0.5, 0.6) is 0 Å². The van der Waals surface area contributed by atoms with Gasteiger partial charge in [-0.2, -0.15) is 0 Å². The lowest BCUT2D eigenvalue weighted by molar-refractivity contribution is 0.0468. The molecule has 2 saturated heterocycles. The van der Waals surface area contributed by atoms with E-state index < -0.39 is 0 Å². The van der Waals surface area contributed by atoms with Crippen LogP contribution in [0, 0.1) is 5.92 Å². The fourth-order valence-electron chi connectivity index (χ4n) is 2.85. The smallest absolute Gasteiger partial charge is 0.0541 e. The summed E-state index contributed by atoms with van der Waals surface area (Å²) in [6.45, 7) is 1.94. The van der Waals surface area contributed by atoms with E-state index in [1.54, 1.807) is 0 Å². The number of piperidine rings is 1. The summed E-state index contributed by atoms with van der Waals surface area (Å²) in [6, 6.07) is 1.53. The minimum atomic E-state index is -0.0956. The van der Waals surface area contributed by atoms with E-state index in [1.165, 1.54) is 25.7 Å². The van der Waals surface area contributed by atoms with Crippen molar-refractivity contribution >= 4 is 0 Å². The van der Waals surface area contributed by atoms with Crippen molar-refractivity contribution in [2.75, 3.05) is 7.05 Å². The zero-order chi connectivity index (χ0) is 8.72. The van der Waals surface area contributed by atoms with Crippen LogP contribution in [0.4, 0.5) is 0 Å². The quantitative estimate of drug-likeness (QED) is 0.638. The Morgan fingerprint density at radius 3 is 2.17 bits per heavy atom. The molecular weight excluding hydrogens is 150 g/mol. The van der Waals surface area contributed by atoms with E-state index in [-0.39, 0.29) is 6.10 Å². The second-order valence-electron chi connectivity index (χ2n) is 4.52. The molecule has 3 unspecified atom stereocenters. The lowest BCUT2D eigenvalue weighted by Crippen LogP contribution is -2.42. The third-order valence-corrected chi connectivity index (χ3v) is 3.82. The molecule has 0 aromatic rings. The summed E-state index contributed by atoms with van der Waals surface area (Å²) in [4.78, 5) is 2.51. The molecule has 2 nitrogen and oxygen atoms in total. The minimum Gasteiger partial charge on any atom is -0.393 e. The topological polar surface area (TPSA) is 23.5 Å². The average molecular weight is 169 g/mol. The van der Waals surface area contributed by atoms with E-state index in [1.807, 2.05) is 6.92 Å². The van der Waals surface area contributed by atoms with E-state index in [4.69, 9.17) is 0 Å². The molecule has 2 fully saturated rings. The Labute approximate surface area is 74.6 Å². The lowest BCUT2D eigenvalue weighted by atomic mass is 9.87. The second-order valence-corrected chi connectivity index (χ2v) is 4.52. The Morgan fingerprint density at radius 1 is 1.25 bits per heavy atom. The monoisotopic (exact) mass is 169 g/mol. The fourth-order valence-corrected chi connectivity index (χ4v) is 2.85. The summed E-state index contributed by atoms with van der Waals surface area (Å²) in [5.41, 5.74) is 0. The van der Waals surface area contributed by atoms with Gasteiger partial charge in [-0.15, -0.1) is 0 Å². The molecule has 0 aliphatic carbocycles. The Hall–Kier alpha value is -0.0800.